The molecule has 0 radical (unpaired) electrons. The predicted octanol–water partition coefficient (Wildman–Crippen LogP) is 1.61. The average molecular weight is 434 g/mol. The molecule has 0 aliphatic rings. The van der Waals surface area contributed by atoms with Gasteiger partial charge in [-0.2, -0.15) is 5.10 Å². The maximum atomic E-state index is 12.8. The average Bonchev–Trinajstić information content (AvgIpc) is 2.80. The second-order valence-corrected chi connectivity index (χ2v) is 6.85. The molecule has 0 aliphatic heterocycles. The molecule has 32 heavy (non-hydrogen) atoms. The fourth-order valence-corrected chi connectivity index (χ4v) is 3.20. The Labute approximate surface area is 183 Å². The lowest BCUT2D eigenvalue weighted by atomic mass is 10.0. The van der Waals surface area contributed by atoms with Crippen LogP contribution in [0.25, 0.3) is 10.8 Å². The third-order valence-corrected chi connectivity index (χ3v) is 4.62. The standard InChI is InChI=1S/C22H22N6O4/c23-27-13-26-16-8-14-4-1-2-6-17(14)18(9-16)22(32)25-12-20(29)28-19(10-21(30)31)15-5-3-7-24-11-15/h1-9,11,13,19H,10,12,23H2,(H,25,32)(H,26,27)(H,28,29)(H,30,31). The van der Waals surface area contributed by atoms with Crippen LogP contribution in [0.1, 0.15) is 28.4 Å². The van der Waals surface area contributed by atoms with Crippen molar-refractivity contribution in [2.24, 2.45) is 10.9 Å². The fraction of sp³-hybridized carbons (Fsp3) is 0.136. The highest BCUT2D eigenvalue weighted by molar-refractivity contribution is 6.09. The summed E-state index contributed by atoms with van der Waals surface area (Å²) in [6, 6.07) is 13.3. The SMILES string of the molecule is NN=CNc1cc(C(=O)NCC(=O)NC(CC(=O)O)c2cccnc2)c2ccccc2c1. The molecule has 3 rings (SSSR count). The molecule has 1 aromatic heterocycles. The Morgan fingerprint density at radius 2 is 1.97 bits per heavy atom. The molecule has 1 unspecified atom stereocenters. The van der Waals surface area contributed by atoms with E-state index in [0.717, 1.165) is 5.39 Å². The van der Waals surface area contributed by atoms with Gasteiger partial charge in [-0.25, -0.2) is 0 Å². The Hall–Kier alpha value is -4.47. The molecule has 0 saturated heterocycles. The number of hydrogen-bond donors (Lipinski definition) is 5. The first kappa shape index (κ1) is 22.2. The van der Waals surface area contributed by atoms with E-state index in [1.807, 2.05) is 24.3 Å². The number of pyridine rings is 1. The first-order chi connectivity index (χ1) is 15.5. The van der Waals surface area contributed by atoms with E-state index >= 15 is 0 Å². The van der Waals surface area contributed by atoms with Crippen LogP contribution in [-0.4, -0.2) is 40.8 Å². The molecule has 2 amide bonds. The number of carboxylic acids is 1. The summed E-state index contributed by atoms with van der Waals surface area (Å²) in [7, 11) is 0. The molecular formula is C22H22N6O4. The number of fused-ring (bicyclic) bond motifs is 1. The smallest absolute Gasteiger partial charge is 0.305 e. The number of nitrogens with zero attached hydrogens (tertiary/aromatic N) is 2. The van der Waals surface area contributed by atoms with Gasteiger partial charge < -0.3 is 26.9 Å². The Kier molecular flexibility index (Phi) is 7.31. The van der Waals surface area contributed by atoms with Crippen LogP contribution in [0.5, 0.6) is 0 Å². The first-order valence-electron chi connectivity index (χ1n) is 9.68. The van der Waals surface area contributed by atoms with Gasteiger partial charge in [-0.3, -0.25) is 19.4 Å². The number of anilines is 1. The van der Waals surface area contributed by atoms with Crippen LogP contribution in [0.2, 0.25) is 0 Å². The van der Waals surface area contributed by atoms with E-state index in [9.17, 15) is 14.4 Å². The van der Waals surface area contributed by atoms with Crippen LogP contribution in [0.3, 0.4) is 0 Å². The molecule has 0 fully saturated rings. The van der Waals surface area contributed by atoms with Crippen LogP contribution in [0, 0.1) is 0 Å². The highest BCUT2D eigenvalue weighted by atomic mass is 16.4. The quantitative estimate of drug-likeness (QED) is 0.148. The summed E-state index contributed by atoms with van der Waals surface area (Å²) < 4.78 is 0. The van der Waals surface area contributed by atoms with Gasteiger partial charge in [-0.05, 0) is 34.5 Å². The number of nitrogens with two attached hydrogens (primary N) is 1. The second-order valence-electron chi connectivity index (χ2n) is 6.85. The van der Waals surface area contributed by atoms with Crippen LogP contribution >= 0.6 is 0 Å². The lowest BCUT2D eigenvalue weighted by molar-refractivity contribution is -0.137. The van der Waals surface area contributed by atoms with Crippen molar-refractivity contribution in [3.63, 3.8) is 0 Å². The number of nitrogens with one attached hydrogen (secondary N) is 3. The summed E-state index contributed by atoms with van der Waals surface area (Å²) in [5.41, 5.74) is 1.52. The van der Waals surface area contributed by atoms with Crippen molar-refractivity contribution in [3.8, 4) is 0 Å². The number of hydrogen-bond acceptors (Lipinski definition) is 6. The maximum Gasteiger partial charge on any atom is 0.305 e. The van der Waals surface area contributed by atoms with Crippen molar-refractivity contribution in [1.29, 1.82) is 0 Å². The normalized spacial score (nSPS) is 11.8. The van der Waals surface area contributed by atoms with Gasteiger partial charge in [0.25, 0.3) is 5.91 Å². The van der Waals surface area contributed by atoms with E-state index < -0.39 is 23.8 Å². The van der Waals surface area contributed by atoms with Gasteiger partial charge in [-0.15, -0.1) is 0 Å². The predicted molar refractivity (Wildman–Crippen MR) is 120 cm³/mol. The van der Waals surface area contributed by atoms with Crippen LogP contribution < -0.4 is 21.8 Å². The molecule has 0 saturated carbocycles. The minimum absolute atomic E-state index is 0.313. The molecule has 164 valence electrons. The molecule has 0 bridgehead atoms. The molecule has 10 nitrogen and oxygen atoms in total. The fourth-order valence-electron chi connectivity index (χ4n) is 3.20. The zero-order chi connectivity index (χ0) is 22.9. The lowest BCUT2D eigenvalue weighted by Crippen LogP contribution is -2.39. The monoisotopic (exact) mass is 434 g/mol. The van der Waals surface area contributed by atoms with E-state index in [4.69, 9.17) is 10.9 Å². The molecule has 1 atom stereocenters. The highest BCUT2D eigenvalue weighted by Gasteiger charge is 2.19. The molecule has 3 aromatic rings. The molecule has 0 aliphatic carbocycles. The Bertz CT molecular complexity index is 1150. The zero-order valence-electron chi connectivity index (χ0n) is 17.0. The van der Waals surface area contributed by atoms with Crippen LogP contribution in [0.15, 0.2) is 66.0 Å². The summed E-state index contributed by atoms with van der Waals surface area (Å²) in [4.78, 5) is 40.4. The minimum Gasteiger partial charge on any atom is -0.481 e. The number of benzene rings is 2. The Balaban J connectivity index is 1.72. The number of aliphatic carboxylic acids is 1. The second kappa shape index (κ2) is 10.5. The maximum absolute atomic E-state index is 12.8. The van der Waals surface area contributed by atoms with Gasteiger partial charge >= 0.3 is 5.97 Å². The van der Waals surface area contributed by atoms with Gasteiger partial charge in [-0.1, -0.05) is 30.3 Å². The van der Waals surface area contributed by atoms with Crippen LogP contribution in [0.4, 0.5) is 5.69 Å². The topological polar surface area (TPSA) is 159 Å². The minimum atomic E-state index is -1.07. The number of rotatable bonds is 9. The van der Waals surface area contributed by atoms with E-state index in [2.05, 4.69) is 26.0 Å². The number of aromatic nitrogens is 1. The molecule has 0 spiro atoms. The van der Waals surface area contributed by atoms with Crippen molar-refractivity contribution in [1.82, 2.24) is 15.6 Å². The largest absolute Gasteiger partial charge is 0.481 e. The first-order valence-corrected chi connectivity index (χ1v) is 9.68. The van der Waals surface area contributed by atoms with Gasteiger partial charge in [0.2, 0.25) is 5.91 Å². The zero-order valence-corrected chi connectivity index (χ0v) is 17.0. The highest BCUT2D eigenvalue weighted by Crippen LogP contribution is 2.24. The van der Waals surface area contributed by atoms with E-state index in [0.29, 0.717) is 22.2 Å². The molecule has 10 heteroatoms. The van der Waals surface area contributed by atoms with Crippen molar-refractivity contribution in [3.05, 3.63) is 72.1 Å². The van der Waals surface area contributed by atoms with Crippen molar-refractivity contribution < 1.29 is 19.5 Å². The summed E-state index contributed by atoms with van der Waals surface area (Å²) >= 11 is 0. The van der Waals surface area contributed by atoms with E-state index in [-0.39, 0.29) is 13.0 Å². The Morgan fingerprint density at radius 1 is 1.16 bits per heavy atom. The van der Waals surface area contributed by atoms with Gasteiger partial charge in [0, 0.05) is 23.6 Å². The molecule has 2 aromatic carbocycles. The lowest BCUT2D eigenvalue weighted by Gasteiger charge is -2.17. The number of carbonyl (C=O) groups is 3. The van der Waals surface area contributed by atoms with Gasteiger partial charge in [0.1, 0.15) is 6.34 Å². The van der Waals surface area contributed by atoms with Crippen molar-refractivity contribution >= 4 is 40.6 Å². The van der Waals surface area contributed by atoms with Gasteiger partial charge in [0.05, 0.1) is 19.0 Å². The van der Waals surface area contributed by atoms with Crippen LogP contribution in [-0.2, 0) is 9.59 Å². The third kappa shape index (κ3) is 5.79. The molecule has 1 heterocycles. The number of carboxylic acid groups (broad SMARTS) is 1. The molecule has 6 N–H and O–H groups in total. The van der Waals surface area contributed by atoms with Crippen molar-refractivity contribution in [2.45, 2.75) is 12.5 Å². The van der Waals surface area contributed by atoms with Crippen molar-refractivity contribution in [2.75, 3.05) is 11.9 Å². The summed E-state index contributed by atoms with van der Waals surface area (Å²) in [5, 5.41) is 22.1. The van der Waals surface area contributed by atoms with Gasteiger partial charge in [0.15, 0.2) is 0 Å². The number of hydrazone groups is 1. The number of amides is 2. The number of carbonyl (C=O) groups excluding carboxylic acids is 2. The Morgan fingerprint density at radius 3 is 2.69 bits per heavy atom. The molecular weight excluding hydrogens is 412 g/mol. The van der Waals surface area contributed by atoms with E-state index in [1.54, 1.807) is 30.5 Å². The summed E-state index contributed by atoms with van der Waals surface area (Å²) in [5.74, 6) is 3.07. The third-order valence-electron chi connectivity index (χ3n) is 4.62. The summed E-state index contributed by atoms with van der Waals surface area (Å²) in [6.07, 6.45) is 4.02. The van der Waals surface area contributed by atoms with E-state index in [1.165, 1.54) is 12.5 Å². The summed E-state index contributed by atoms with van der Waals surface area (Å²) in [6.45, 7) is -0.328.